The van der Waals surface area contributed by atoms with Crippen LogP contribution in [0.5, 0.6) is 11.5 Å². The van der Waals surface area contributed by atoms with Gasteiger partial charge in [0.1, 0.15) is 17.3 Å². The molecule has 0 saturated carbocycles. The number of rotatable bonds is 10. The fourth-order valence-corrected chi connectivity index (χ4v) is 3.72. The highest BCUT2D eigenvalue weighted by atomic mass is 16.5. The summed E-state index contributed by atoms with van der Waals surface area (Å²) in [4.78, 5) is 17.3. The van der Waals surface area contributed by atoms with Crippen LogP contribution in [0.1, 0.15) is 30.8 Å². The molecule has 33 heavy (non-hydrogen) atoms. The van der Waals surface area contributed by atoms with E-state index in [1.165, 1.54) is 5.56 Å². The Hall–Kier alpha value is -3.80. The second-order valence-electron chi connectivity index (χ2n) is 8.02. The molecule has 0 aliphatic heterocycles. The van der Waals surface area contributed by atoms with Crippen LogP contribution in [0.3, 0.4) is 0 Å². The second-order valence-corrected chi connectivity index (χ2v) is 8.02. The SMILES string of the molecule is Cc1ccc(OCCCn2c(C(C)NC(=O)COc3ccccc3)nc3ccccc32)cc1. The van der Waals surface area contributed by atoms with Crippen LogP contribution in [-0.4, -0.2) is 28.7 Å². The number of nitrogens with zero attached hydrogens (tertiary/aromatic N) is 2. The first-order valence-corrected chi connectivity index (χ1v) is 11.2. The molecule has 0 bridgehead atoms. The zero-order valence-electron chi connectivity index (χ0n) is 19.0. The third-order valence-electron chi connectivity index (χ3n) is 5.38. The number of amides is 1. The van der Waals surface area contributed by atoms with Crippen molar-refractivity contribution in [2.24, 2.45) is 0 Å². The Morgan fingerprint density at radius 2 is 1.64 bits per heavy atom. The maximum absolute atomic E-state index is 12.5. The number of aromatic nitrogens is 2. The number of ether oxygens (including phenoxy) is 2. The minimum Gasteiger partial charge on any atom is -0.494 e. The number of nitrogens with one attached hydrogen (secondary N) is 1. The molecule has 1 N–H and O–H groups in total. The number of benzene rings is 3. The maximum atomic E-state index is 12.5. The summed E-state index contributed by atoms with van der Waals surface area (Å²) in [5.41, 5.74) is 3.17. The molecule has 170 valence electrons. The lowest BCUT2D eigenvalue weighted by Gasteiger charge is -2.17. The van der Waals surface area contributed by atoms with Gasteiger partial charge in [-0.2, -0.15) is 0 Å². The topological polar surface area (TPSA) is 65.4 Å². The van der Waals surface area contributed by atoms with Crippen molar-refractivity contribution in [1.29, 1.82) is 0 Å². The number of imidazole rings is 1. The molecule has 6 nitrogen and oxygen atoms in total. The lowest BCUT2D eigenvalue weighted by molar-refractivity contribution is -0.123. The van der Waals surface area contributed by atoms with Gasteiger partial charge in [0, 0.05) is 6.54 Å². The normalized spacial score (nSPS) is 11.8. The predicted octanol–water partition coefficient (Wildman–Crippen LogP) is 5.07. The molecule has 1 heterocycles. The molecule has 4 aromatic rings. The van der Waals surface area contributed by atoms with Crippen LogP contribution >= 0.6 is 0 Å². The van der Waals surface area contributed by atoms with E-state index in [0.717, 1.165) is 35.6 Å². The lowest BCUT2D eigenvalue weighted by Crippen LogP contribution is -2.32. The van der Waals surface area contributed by atoms with Gasteiger partial charge in [0.05, 0.1) is 23.7 Å². The van der Waals surface area contributed by atoms with Gasteiger partial charge in [-0.05, 0) is 56.7 Å². The fourth-order valence-electron chi connectivity index (χ4n) is 3.72. The van der Waals surface area contributed by atoms with Crippen molar-refractivity contribution in [3.8, 4) is 11.5 Å². The molecule has 0 fully saturated rings. The molecule has 0 aliphatic rings. The number of carbonyl (C=O) groups excluding carboxylic acids is 1. The molecular weight excluding hydrogens is 414 g/mol. The monoisotopic (exact) mass is 443 g/mol. The van der Waals surface area contributed by atoms with Crippen LogP contribution < -0.4 is 14.8 Å². The van der Waals surface area contributed by atoms with E-state index in [1.54, 1.807) is 0 Å². The highest BCUT2D eigenvalue weighted by Crippen LogP contribution is 2.22. The number of aryl methyl sites for hydroxylation is 2. The van der Waals surface area contributed by atoms with Crippen molar-refractivity contribution in [2.45, 2.75) is 32.9 Å². The summed E-state index contributed by atoms with van der Waals surface area (Å²) in [7, 11) is 0. The summed E-state index contributed by atoms with van der Waals surface area (Å²) in [6.45, 7) is 5.30. The zero-order chi connectivity index (χ0) is 23.0. The quantitative estimate of drug-likeness (QED) is 0.348. The van der Waals surface area contributed by atoms with Gasteiger partial charge in [0.25, 0.3) is 5.91 Å². The van der Waals surface area contributed by atoms with Crippen LogP contribution in [-0.2, 0) is 11.3 Å². The first kappa shape index (κ1) is 22.4. The van der Waals surface area contributed by atoms with E-state index >= 15 is 0 Å². The molecule has 1 aromatic heterocycles. The molecule has 3 aromatic carbocycles. The standard InChI is InChI=1S/C27H29N3O3/c1-20-13-15-23(16-14-20)32-18-8-17-30-25-12-7-6-11-24(25)29-27(30)21(2)28-26(31)19-33-22-9-4-3-5-10-22/h3-7,9-16,21H,8,17-19H2,1-2H3,(H,28,31). The van der Waals surface area contributed by atoms with Gasteiger partial charge in [0.2, 0.25) is 0 Å². The minimum absolute atomic E-state index is 0.0427. The first-order valence-electron chi connectivity index (χ1n) is 11.2. The summed E-state index contributed by atoms with van der Waals surface area (Å²) < 4.78 is 13.6. The number of para-hydroxylation sites is 3. The summed E-state index contributed by atoms with van der Waals surface area (Å²) in [5.74, 6) is 2.17. The van der Waals surface area contributed by atoms with Gasteiger partial charge < -0.3 is 19.4 Å². The summed E-state index contributed by atoms with van der Waals surface area (Å²) in [6.07, 6.45) is 0.818. The highest BCUT2D eigenvalue weighted by molar-refractivity contribution is 5.79. The van der Waals surface area contributed by atoms with E-state index < -0.39 is 0 Å². The van der Waals surface area contributed by atoms with E-state index in [2.05, 4.69) is 22.9 Å². The van der Waals surface area contributed by atoms with Crippen molar-refractivity contribution in [2.75, 3.05) is 13.2 Å². The van der Waals surface area contributed by atoms with Crippen LogP contribution in [0.25, 0.3) is 11.0 Å². The van der Waals surface area contributed by atoms with Crippen molar-refractivity contribution in [3.63, 3.8) is 0 Å². The highest BCUT2D eigenvalue weighted by Gasteiger charge is 2.18. The lowest BCUT2D eigenvalue weighted by atomic mass is 10.2. The van der Waals surface area contributed by atoms with Crippen LogP contribution in [0.15, 0.2) is 78.9 Å². The Balaban J connectivity index is 1.39. The van der Waals surface area contributed by atoms with Gasteiger partial charge in [-0.3, -0.25) is 4.79 Å². The summed E-state index contributed by atoms with van der Waals surface area (Å²) in [5, 5.41) is 3.01. The van der Waals surface area contributed by atoms with E-state index in [0.29, 0.717) is 12.4 Å². The molecule has 1 atom stereocenters. The van der Waals surface area contributed by atoms with Gasteiger partial charge in [0.15, 0.2) is 6.61 Å². The maximum Gasteiger partial charge on any atom is 0.258 e. The number of hydrogen-bond acceptors (Lipinski definition) is 4. The summed E-state index contributed by atoms with van der Waals surface area (Å²) >= 11 is 0. The Kier molecular flexibility index (Phi) is 7.25. The first-order chi connectivity index (χ1) is 16.1. The van der Waals surface area contributed by atoms with Crippen molar-refractivity contribution >= 4 is 16.9 Å². The van der Waals surface area contributed by atoms with Crippen molar-refractivity contribution in [1.82, 2.24) is 14.9 Å². The van der Waals surface area contributed by atoms with E-state index in [-0.39, 0.29) is 18.6 Å². The molecular formula is C27H29N3O3. The van der Waals surface area contributed by atoms with Crippen molar-refractivity contribution < 1.29 is 14.3 Å². The van der Waals surface area contributed by atoms with Crippen LogP contribution in [0.2, 0.25) is 0 Å². The van der Waals surface area contributed by atoms with Gasteiger partial charge in [-0.25, -0.2) is 4.98 Å². The Morgan fingerprint density at radius 1 is 0.939 bits per heavy atom. The van der Waals surface area contributed by atoms with E-state index in [9.17, 15) is 4.79 Å². The molecule has 4 rings (SSSR count). The molecule has 0 spiro atoms. The predicted molar refractivity (Wildman–Crippen MR) is 130 cm³/mol. The molecule has 0 aliphatic carbocycles. The van der Waals surface area contributed by atoms with Gasteiger partial charge in [-0.1, -0.05) is 48.0 Å². The zero-order valence-corrected chi connectivity index (χ0v) is 19.0. The third kappa shape index (κ3) is 5.92. The molecule has 1 amide bonds. The van der Waals surface area contributed by atoms with Crippen LogP contribution in [0, 0.1) is 6.92 Å². The molecule has 1 unspecified atom stereocenters. The fraction of sp³-hybridized carbons (Fsp3) is 0.259. The van der Waals surface area contributed by atoms with E-state index in [4.69, 9.17) is 14.5 Å². The van der Waals surface area contributed by atoms with Gasteiger partial charge >= 0.3 is 0 Å². The third-order valence-corrected chi connectivity index (χ3v) is 5.38. The van der Waals surface area contributed by atoms with Gasteiger partial charge in [-0.15, -0.1) is 0 Å². The van der Waals surface area contributed by atoms with E-state index in [1.807, 2.05) is 79.7 Å². The number of hydrogen-bond donors (Lipinski definition) is 1. The molecule has 0 saturated heterocycles. The second kappa shape index (κ2) is 10.7. The van der Waals surface area contributed by atoms with Crippen LogP contribution in [0.4, 0.5) is 0 Å². The number of carbonyl (C=O) groups is 1. The Morgan fingerprint density at radius 3 is 2.42 bits per heavy atom. The largest absolute Gasteiger partial charge is 0.494 e. The smallest absolute Gasteiger partial charge is 0.258 e. The Bertz CT molecular complexity index is 1190. The average molecular weight is 444 g/mol. The Labute approximate surface area is 194 Å². The number of fused-ring (bicyclic) bond motifs is 1. The minimum atomic E-state index is -0.262. The summed E-state index contributed by atoms with van der Waals surface area (Å²) in [6, 6.07) is 25.1. The molecule has 0 radical (unpaired) electrons. The molecule has 6 heteroatoms. The average Bonchev–Trinajstić information content (AvgIpc) is 3.21. The van der Waals surface area contributed by atoms with Crippen molar-refractivity contribution in [3.05, 3.63) is 90.3 Å².